The molecule has 1 rings (SSSR count). The zero-order valence-electron chi connectivity index (χ0n) is 8.11. The van der Waals surface area contributed by atoms with Gasteiger partial charge in [0.05, 0.1) is 12.7 Å². The van der Waals surface area contributed by atoms with E-state index in [9.17, 15) is 0 Å². The van der Waals surface area contributed by atoms with Gasteiger partial charge in [-0.05, 0) is 26.2 Å². The molecule has 0 aliphatic heterocycles. The summed E-state index contributed by atoms with van der Waals surface area (Å²) in [7, 11) is 0. The van der Waals surface area contributed by atoms with Crippen LogP contribution in [0, 0.1) is 5.41 Å². The van der Waals surface area contributed by atoms with Crippen LogP contribution in [0.25, 0.3) is 0 Å². The minimum Gasteiger partial charge on any atom is -0.378 e. The number of hydrogen-bond acceptors (Lipinski definition) is 1. The Labute approximate surface area is 80.4 Å². The third kappa shape index (κ3) is 2.37. The predicted molar refractivity (Wildman–Crippen MR) is 52.7 cm³/mol. The van der Waals surface area contributed by atoms with E-state index in [0.29, 0.717) is 11.5 Å². The Bertz CT molecular complexity index is 126. The Balaban J connectivity index is 2.20. The van der Waals surface area contributed by atoms with Gasteiger partial charge in [-0.1, -0.05) is 13.3 Å². The summed E-state index contributed by atoms with van der Waals surface area (Å²) in [5.74, 6) is 0.767. The highest BCUT2D eigenvalue weighted by Crippen LogP contribution is 2.42. The summed E-state index contributed by atoms with van der Waals surface area (Å²) in [6, 6.07) is 0. The second kappa shape index (κ2) is 4.48. The lowest BCUT2D eigenvalue weighted by Crippen LogP contribution is -2.37. The van der Waals surface area contributed by atoms with E-state index in [0.717, 1.165) is 18.9 Å². The summed E-state index contributed by atoms with van der Waals surface area (Å²) >= 11 is 5.91. The van der Waals surface area contributed by atoms with E-state index in [-0.39, 0.29) is 0 Å². The number of alkyl halides is 1. The van der Waals surface area contributed by atoms with Gasteiger partial charge in [-0.3, -0.25) is 0 Å². The molecule has 2 heteroatoms. The minimum atomic E-state index is 0.338. The maximum absolute atomic E-state index is 5.91. The molecule has 0 radical (unpaired) electrons. The lowest BCUT2D eigenvalue weighted by Gasteiger charge is -2.40. The van der Waals surface area contributed by atoms with Gasteiger partial charge in [0.25, 0.3) is 0 Å². The van der Waals surface area contributed by atoms with Crippen LogP contribution in [0.15, 0.2) is 0 Å². The Morgan fingerprint density at radius 2 is 2.17 bits per heavy atom. The van der Waals surface area contributed by atoms with Gasteiger partial charge in [-0.2, -0.15) is 0 Å². The Kier molecular flexibility index (Phi) is 3.85. The first-order valence-electron chi connectivity index (χ1n) is 4.90. The van der Waals surface area contributed by atoms with Crippen LogP contribution in [0.1, 0.15) is 39.5 Å². The molecule has 12 heavy (non-hydrogen) atoms. The van der Waals surface area contributed by atoms with Gasteiger partial charge in [0.1, 0.15) is 0 Å². The van der Waals surface area contributed by atoms with Crippen LogP contribution in [0.3, 0.4) is 0 Å². The highest BCUT2D eigenvalue weighted by atomic mass is 35.5. The van der Waals surface area contributed by atoms with Crippen LogP contribution in [0.5, 0.6) is 0 Å². The molecule has 1 fully saturated rings. The van der Waals surface area contributed by atoms with Gasteiger partial charge in [-0.15, -0.1) is 11.6 Å². The molecular weight excluding hydrogens is 172 g/mol. The molecule has 0 N–H and O–H groups in total. The monoisotopic (exact) mass is 190 g/mol. The summed E-state index contributed by atoms with van der Waals surface area (Å²) in [5.41, 5.74) is 0.338. The van der Waals surface area contributed by atoms with Gasteiger partial charge in [0.15, 0.2) is 0 Å². The van der Waals surface area contributed by atoms with E-state index in [4.69, 9.17) is 16.3 Å². The maximum atomic E-state index is 5.91. The van der Waals surface area contributed by atoms with E-state index in [1.165, 1.54) is 19.3 Å². The van der Waals surface area contributed by atoms with Crippen molar-refractivity contribution in [2.24, 2.45) is 5.41 Å². The number of halogens is 1. The fraction of sp³-hybridized carbons (Fsp3) is 1.00. The molecule has 1 aliphatic carbocycles. The van der Waals surface area contributed by atoms with E-state index in [2.05, 4.69) is 13.8 Å². The fourth-order valence-electron chi connectivity index (χ4n) is 1.43. The van der Waals surface area contributed by atoms with Crippen LogP contribution < -0.4 is 0 Å². The second-order valence-electron chi connectivity index (χ2n) is 4.02. The van der Waals surface area contributed by atoms with Crippen LogP contribution in [0.4, 0.5) is 0 Å². The lowest BCUT2D eigenvalue weighted by atomic mass is 9.71. The van der Waals surface area contributed by atoms with Crippen molar-refractivity contribution in [2.75, 3.05) is 12.5 Å². The van der Waals surface area contributed by atoms with Crippen LogP contribution >= 0.6 is 11.6 Å². The van der Waals surface area contributed by atoms with E-state index >= 15 is 0 Å². The van der Waals surface area contributed by atoms with Crippen molar-refractivity contribution >= 4 is 11.6 Å². The normalized spacial score (nSPS) is 23.2. The largest absolute Gasteiger partial charge is 0.378 e. The van der Waals surface area contributed by atoms with Crippen molar-refractivity contribution in [3.05, 3.63) is 0 Å². The Hall–Kier alpha value is 0.250. The molecule has 1 saturated carbocycles. The van der Waals surface area contributed by atoms with Gasteiger partial charge >= 0.3 is 0 Å². The summed E-state index contributed by atoms with van der Waals surface area (Å²) < 4.78 is 5.70. The standard InChI is InChI=1S/C10H19ClO/c1-3-9(2)12-8-10(7-11)5-4-6-10/h9H,3-8H2,1-2H3. The van der Waals surface area contributed by atoms with Crippen molar-refractivity contribution in [1.82, 2.24) is 0 Å². The number of rotatable bonds is 5. The molecule has 0 saturated heterocycles. The van der Waals surface area contributed by atoms with Crippen LogP contribution in [-0.2, 0) is 4.74 Å². The van der Waals surface area contributed by atoms with Crippen LogP contribution in [0.2, 0.25) is 0 Å². The first kappa shape index (κ1) is 10.3. The summed E-state index contributed by atoms with van der Waals surface area (Å²) in [6.07, 6.45) is 5.33. The average molecular weight is 191 g/mol. The maximum Gasteiger partial charge on any atom is 0.0544 e. The smallest absolute Gasteiger partial charge is 0.0544 e. The topological polar surface area (TPSA) is 9.23 Å². The summed E-state index contributed by atoms with van der Waals surface area (Å²) in [5, 5.41) is 0. The van der Waals surface area contributed by atoms with Gasteiger partial charge in [-0.25, -0.2) is 0 Å². The zero-order chi connectivity index (χ0) is 9.03. The molecule has 0 spiro atoms. The van der Waals surface area contributed by atoms with Gasteiger partial charge < -0.3 is 4.74 Å². The Morgan fingerprint density at radius 1 is 1.50 bits per heavy atom. The molecule has 0 bridgehead atoms. The second-order valence-corrected chi connectivity index (χ2v) is 4.28. The molecule has 1 unspecified atom stereocenters. The van der Waals surface area contributed by atoms with E-state index < -0.39 is 0 Å². The quantitative estimate of drug-likeness (QED) is 0.605. The van der Waals surface area contributed by atoms with Crippen molar-refractivity contribution in [1.29, 1.82) is 0 Å². The molecule has 0 heterocycles. The van der Waals surface area contributed by atoms with E-state index in [1.807, 2.05) is 0 Å². The molecule has 0 aromatic rings. The molecule has 1 aliphatic rings. The van der Waals surface area contributed by atoms with Crippen molar-refractivity contribution in [3.63, 3.8) is 0 Å². The van der Waals surface area contributed by atoms with Gasteiger partial charge in [0.2, 0.25) is 0 Å². The van der Waals surface area contributed by atoms with Crippen molar-refractivity contribution in [3.8, 4) is 0 Å². The fourth-order valence-corrected chi connectivity index (χ4v) is 1.77. The molecule has 1 nitrogen and oxygen atoms in total. The first-order chi connectivity index (χ1) is 5.72. The third-order valence-corrected chi connectivity index (χ3v) is 3.51. The number of hydrogen-bond donors (Lipinski definition) is 0. The highest BCUT2D eigenvalue weighted by Gasteiger charge is 2.36. The third-order valence-electron chi connectivity index (χ3n) is 2.95. The van der Waals surface area contributed by atoms with Crippen LogP contribution in [-0.4, -0.2) is 18.6 Å². The molecule has 0 amide bonds. The minimum absolute atomic E-state index is 0.338. The van der Waals surface area contributed by atoms with Gasteiger partial charge in [0, 0.05) is 11.3 Å². The highest BCUT2D eigenvalue weighted by molar-refractivity contribution is 6.18. The predicted octanol–water partition coefficient (Wildman–Crippen LogP) is 3.21. The molecule has 1 atom stereocenters. The summed E-state index contributed by atoms with van der Waals surface area (Å²) in [4.78, 5) is 0. The van der Waals surface area contributed by atoms with Crippen molar-refractivity contribution < 1.29 is 4.74 Å². The molecule has 0 aromatic carbocycles. The molecule has 72 valence electrons. The average Bonchev–Trinajstić information content (AvgIpc) is 2.03. The van der Waals surface area contributed by atoms with Crippen molar-refractivity contribution in [2.45, 2.75) is 45.6 Å². The number of ether oxygens (including phenoxy) is 1. The Morgan fingerprint density at radius 3 is 2.50 bits per heavy atom. The SMILES string of the molecule is CCC(C)OCC1(CCl)CCC1. The zero-order valence-corrected chi connectivity index (χ0v) is 8.86. The molecule has 0 aromatic heterocycles. The molecular formula is C10H19ClO. The van der Waals surface area contributed by atoms with E-state index in [1.54, 1.807) is 0 Å². The lowest BCUT2D eigenvalue weighted by molar-refractivity contribution is -0.0274. The first-order valence-corrected chi connectivity index (χ1v) is 5.43. The summed E-state index contributed by atoms with van der Waals surface area (Å²) in [6.45, 7) is 5.14.